The lowest BCUT2D eigenvalue weighted by atomic mass is 10.0. The highest BCUT2D eigenvalue weighted by Gasteiger charge is 2.41. The number of nitrogens with zero attached hydrogens (tertiary/aromatic N) is 2. The van der Waals surface area contributed by atoms with E-state index in [9.17, 15) is 4.79 Å². The lowest BCUT2D eigenvalue weighted by Gasteiger charge is -2.27. The van der Waals surface area contributed by atoms with Crippen LogP contribution in [0.15, 0.2) is 54.7 Å². The van der Waals surface area contributed by atoms with Crippen molar-refractivity contribution in [2.75, 3.05) is 10.2 Å². The highest BCUT2D eigenvalue weighted by Crippen LogP contribution is 2.41. The third-order valence-electron chi connectivity index (χ3n) is 5.35. The van der Waals surface area contributed by atoms with Crippen LogP contribution in [0, 0.1) is 13.8 Å². The molecule has 6 nitrogen and oxygen atoms in total. The fourth-order valence-corrected chi connectivity index (χ4v) is 4.17. The van der Waals surface area contributed by atoms with Gasteiger partial charge >= 0.3 is 0 Å². The number of aromatic nitrogens is 2. The number of pyridine rings is 1. The molecule has 1 aliphatic heterocycles. The van der Waals surface area contributed by atoms with E-state index in [1.807, 2.05) is 51.1 Å². The van der Waals surface area contributed by atoms with Crippen LogP contribution in [0.4, 0.5) is 11.4 Å². The largest absolute Gasteiger partial charge is 0.361 e. The Balaban J connectivity index is 1.74. The first-order chi connectivity index (χ1) is 14.5. The van der Waals surface area contributed by atoms with Gasteiger partial charge in [0.2, 0.25) is 5.91 Å². The number of aromatic amines is 1. The molecule has 0 bridgehead atoms. The van der Waals surface area contributed by atoms with Gasteiger partial charge in [-0.05, 0) is 74.1 Å². The predicted octanol–water partition coefficient (Wildman–Crippen LogP) is 4.55. The molecule has 0 unspecified atom stereocenters. The minimum Gasteiger partial charge on any atom is -0.361 e. The minimum atomic E-state index is -0.0865. The minimum absolute atomic E-state index is 0.000775. The summed E-state index contributed by atoms with van der Waals surface area (Å²) in [4.78, 5) is 22.0. The molecule has 154 valence electrons. The summed E-state index contributed by atoms with van der Waals surface area (Å²) in [6.07, 6.45) is 2.25. The standard InChI is InChI=1S/C23H25N5OS/c1-4-20(29)26-17-11-9-16(13-14(17)2)28-22(19-10-8-15(3)25-19)21(27-23(28)30)18-7-5-6-12-24-18/h5-13,21-22,25H,4H2,1-3H3,(H,26,29)(H,27,30)/t21-,22-/m1/s1. The molecule has 3 aromatic rings. The number of hydrogen-bond acceptors (Lipinski definition) is 3. The number of rotatable bonds is 5. The quantitative estimate of drug-likeness (QED) is 0.529. The number of carbonyl (C=O) groups is 1. The Morgan fingerprint density at radius 3 is 2.67 bits per heavy atom. The number of carbonyl (C=O) groups excluding carboxylic acids is 1. The molecule has 0 aliphatic carbocycles. The Hall–Kier alpha value is -3.19. The highest BCUT2D eigenvalue weighted by atomic mass is 32.1. The summed E-state index contributed by atoms with van der Waals surface area (Å²) in [6, 6.07) is 15.9. The van der Waals surface area contributed by atoms with Crippen LogP contribution in [-0.2, 0) is 4.79 Å². The first-order valence-corrected chi connectivity index (χ1v) is 10.5. The second kappa shape index (κ2) is 8.28. The van der Waals surface area contributed by atoms with Gasteiger partial charge < -0.3 is 20.5 Å². The molecular formula is C23H25N5OS. The lowest BCUT2D eigenvalue weighted by molar-refractivity contribution is -0.115. The van der Waals surface area contributed by atoms with Crippen molar-refractivity contribution in [1.29, 1.82) is 0 Å². The summed E-state index contributed by atoms with van der Waals surface area (Å²) in [6.45, 7) is 5.87. The summed E-state index contributed by atoms with van der Waals surface area (Å²) in [5.74, 6) is -0.000775. The van der Waals surface area contributed by atoms with Crippen molar-refractivity contribution in [1.82, 2.24) is 15.3 Å². The zero-order chi connectivity index (χ0) is 21.3. The van der Waals surface area contributed by atoms with Crippen LogP contribution in [0.1, 0.15) is 48.1 Å². The van der Waals surface area contributed by atoms with Crippen molar-refractivity contribution in [3.63, 3.8) is 0 Å². The van der Waals surface area contributed by atoms with E-state index in [1.54, 1.807) is 6.20 Å². The number of H-pyrrole nitrogens is 1. The van der Waals surface area contributed by atoms with E-state index in [2.05, 4.69) is 43.7 Å². The van der Waals surface area contributed by atoms with E-state index in [-0.39, 0.29) is 18.0 Å². The number of nitrogens with one attached hydrogen (secondary N) is 3. The average Bonchev–Trinajstić information content (AvgIpc) is 3.32. The van der Waals surface area contributed by atoms with Crippen LogP contribution < -0.4 is 15.5 Å². The van der Waals surface area contributed by atoms with Gasteiger partial charge in [-0.25, -0.2) is 0 Å². The van der Waals surface area contributed by atoms with Gasteiger partial charge in [0.05, 0.1) is 11.7 Å². The van der Waals surface area contributed by atoms with Crippen molar-refractivity contribution in [2.24, 2.45) is 0 Å². The Kier molecular flexibility index (Phi) is 5.55. The van der Waals surface area contributed by atoms with Crippen LogP contribution in [0.3, 0.4) is 0 Å². The molecule has 2 atom stereocenters. The van der Waals surface area contributed by atoms with E-state index in [0.717, 1.165) is 34.0 Å². The van der Waals surface area contributed by atoms with E-state index < -0.39 is 0 Å². The van der Waals surface area contributed by atoms with Crippen LogP contribution >= 0.6 is 12.2 Å². The van der Waals surface area contributed by atoms with Crippen molar-refractivity contribution in [2.45, 2.75) is 39.3 Å². The third-order valence-corrected chi connectivity index (χ3v) is 5.67. The SMILES string of the molecule is CCC(=O)Nc1ccc(N2C(=S)N[C@H](c3ccccn3)[C@H]2c2ccc(C)[nH]2)cc1C. The molecule has 30 heavy (non-hydrogen) atoms. The summed E-state index contributed by atoms with van der Waals surface area (Å²) in [5.41, 5.74) is 5.86. The molecule has 1 amide bonds. The molecule has 0 radical (unpaired) electrons. The molecule has 4 rings (SSSR count). The Labute approximate surface area is 181 Å². The first kappa shape index (κ1) is 20.1. The van der Waals surface area contributed by atoms with Crippen molar-refractivity contribution in [3.8, 4) is 0 Å². The Bertz CT molecular complexity index is 1080. The molecular weight excluding hydrogens is 394 g/mol. The number of amides is 1. The number of anilines is 2. The van der Waals surface area contributed by atoms with Crippen LogP contribution in [0.25, 0.3) is 0 Å². The molecule has 0 spiro atoms. The van der Waals surface area contributed by atoms with Crippen molar-refractivity contribution < 1.29 is 4.79 Å². The van der Waals surface area contributed by atoms with Gasteiger partial charge in [0.25, 0.3) is 0 Å². The second-order valence-electron chi connectivity index (χ2n) is 7.49. The van der Waals surface area contributed by atoms with E-state index in [0.29, 0.717) is 11.5 Å². The Morgan fingerprint density at radius 2 is 2.03 bits per heavy atom. The highest BCUT2D eigenvalue weighted by molar-refractivity contribution is 7.80. The van der Waals surface area contributed by atoms with E-state index in [1.165, 1.54) is 0 Å². The van der Waals surface area contributed by atoms with Gasteiger partial charge in [0.1, 0.15) is 6.04 Å². The second-order valence-corrected chi connectivity index (χ2v) is 7.88. The molecule has 3 heterocycles. The maximum atomic E-state index is 11.8. The van der Waals surface area contributed by atoms with Gasteiger partial charge in [0, 0.05) is 35.4 Å². The van der Waals surface area contributed by atoms with E-state index in [4.69, 9.17) is 12.2 Å². The van der Waals surface area contributed by atoms with E-state index >= 15 is 0 Å². The van der Waals surface area contributed by atoms with Crippen LogP contribution in [0.2, 0.25) is 0 Å². The normalized spacial score (nSPS) is 18.4. The lowest BCUT2D eigenvalue weighted by Crippen LogP contribution is -2.29. The maximum absolute atomic E-state index is 11.8. The molecule has 1 fully saturated rings. The fraction of sp³-hybridized carbons (Fsp3) is 0.261. The summed E-state index contributed by atoms with van der Waals surface area (Å²) in [5, 5.41) is 7.05. The molecule has 1 aliphatic rings. The summed E-state index contributed by atoms with van der Waals surface area (Å²) in [7, 11) is 0. The topological polar surface area (TPSA) is 73.1 Å². The first-order valence-electron chi connectivity index (χ1n) is 10.0. The predicted molar refractivity (Wildman–Crippen MR) is 124 cm³/mol. The molecule has 2 aromatic heterocycles. The van der Waals surface area contributed by atoms with Gasteiger partial charge in [-0.15, -0.1) is 0 Å². The summed E-state index contributed by atoms with van der Waals surface area (Å²) < 4.78 is 0. The number of thiocarbonyl (C=S) groups is 1. The number of benzene rings is 1. The van der Waals surface area contributed by atoms with Gasteiger partial charge in [-0.3, -0.25) is 9.78 Å². The molecule has 3 N–H and O–H groups in total. The monoisotopic (exact) mass is 419 g/mol. The van der Waals surface area contributed by atoms with Crippen LogP contribution in [-0.4, -0.2) is 21.0 Å². The maximum Gasteiger partial charge on any atom is 0.224 e. The van der Waals surface area contributed by atoms with Crippen LogP contribution in [0.5, 0.6) is 0 Å². The zero-order valence-electron chi connectivity index (χ0n) is 17.3. The average molecular weight is 420 g/mol. The Morgan fingerprint density at radius 1 is 1.20 bits per heavy atom. The third kappa shape index (κ3) is 3.80. The van der Waals surface area contributed by atoms with Gasteiger partial charge in [-0.2, -0.15) is 0 Å². The zero-order valence-corrected chi connectivity index (χ0v) is 18.1. The van der Waals surface area contributed by atoms with Crippen molar-refractivity contribution >= 4 is 34.6 Å². The summed E-state index contributed by atoms with van der Waals surface area (Å²) >= 11 is 5.75. The van der Waals surface area contributed by atoms with Gasteiger partial charge in [-0.1, -0.05) is 13.0 Å². The van der Waals surface area contributed by atoms with Gasteiger partial charge in [0.15, 0.2) is 5.11 Å². The molecule has 1 saturated heterocycles. The fourth-order valence-electron chi connectivity index (χ4n) is 3.82. The smallest absolute Gasteiger partial charge is 0.224 e. The van der Waals surface area contributed by atoms with Crippen molar-refractivity contribution in [3.05, 3.63) is 77.4 Å². The molecule has 7 heteroatoms. The number of hydrogen-bond donors (Lipinski definition) is 3. The molecule has 0 saturated carbocycles. The number of aryl methyl sites for hydroxylation is 2. The molecule has 1 aromatic carbocycles.